The number of hydrogen-bond donors (Lipinski definition) is 2. The standard InChI is InChI=1S/C12H16F3NO2/c1-9(17)6-16-7-10-3-2-4-11(5-10)18-8-12(13,14)15/h2-5,9,16-17H,6-8H2,1H3. The Hall–Kier alpha value is -1.27. The van der Waals surface area contributed by atoms with E-state index in [-0.39, 0.29) is 5.75 Å². The van der Waals surface area contributed by atoms with Crippen LogP contribution in [0, 0.1) is 0 Å². The molecule has 0 aliphatic heterocycles. The molecule has 3 nitrogen and oxygen atoms in total. The van der Waals surface area contributed by atoms with Crippen LogP contribution in [-0.4, -0.2) is 30.5 Å². The van der Waals surface area contributed by atoms with Gasteiger partial charge in [0.2, 0.25) is 0 Å². The molecular formula is C12H16F3NO2. The molecule has 0 saturated carbocycles. The molecule has 1 atom stereocenters. The number of alkyl halides is 3. The number of ether oxygens (including phenoxy) is 1. The molecule has 0 amide bonds. The number of benzene rings is 1. The number of nitrogens with one attached hydrogen (secondary N) is 1. The van der Waals surface area contributed by atoms with Gasteiger partial charge in [-0.3, -0.25) is 0 Å². The Morgan fingerprint density at radius 2 is 2.11 bits per heavy atom. The maximum Gasteiger partial charge on any atom is 0.422 e. The quantitative estimate of drug-likeness (QED) is 0.826. The molecule has 0 spiro atoms. The van der Waals surface area contributed by atoms with E-state index in [0.717, 1.165) is 5.56 Å². The summed E-state index contributed by atoms with van der Waals surface area (Å²) >= 11 is 0. The van der Waals surface area contributed by atoms with Gasteiger partial charge in [0.1, 0.15) is 5.75 Å². The van der Waals surface area contributed by atoms with Crippen LogP contribution in [0.3, 0.4) is 0 Å². The molecule has 1 aromatic carbocycles. The first kappa shape index (κ1) is 14.8. The zero-order valence-electron chi connectivity index (χ0n) is 10.00. The second kappa shape index (κ2) is 6.61. The topological polar surface area (TPSA) is 41.5 Å². The fraction of sp³-hybridized carbons (Fsp3) is 0.500. The molecule has 18 heavy (non-hydrogen) atoms. The normalized spacial score (nSPS) is 13.4. The van der Waals surface area contributed by atoms with Crippen LogP contribution in [0.5, 0.6) is 5.75 Å². The summed E-state index contributed by atoms with van der Waals surface area (Å²) in [4.78, 5) is 0. The Bertz CT molecular complexity index is 367. The third-order valence-electron chi connectivity index (χ3n) is 2.07. The molecule has 0 aliphatic carbocycles. The fourth-order valence-electron chi connectivity index (χ4n) is 1.34. The van der Waals surface area contributed by atoms with Crippen LogP contribution in [0.1, 0.15) is 12.5 Å². The molecule has 1 rings (SSSR count). The molecule has 2 N–H and O–H groups in total. The molecule has 0 heterocycles. The highest BCUT2D eigenvalue weighted by atomic mass is 19.4. The molecule has 102 valence electrons. The summed E-state index contributed by atoms with van der Waals surface area (Å²) in [6, 6.07) is 6.42. The van der Waals surface area contributed by atoms with E-state index < -0.39 is 18.9 Å². The van der Waals surface area contributed by atoms with Crippen LogP contribution in [0.25, 0.3) is 0 Å². The van der Waals surface area contributed by atoms with Crippen LogP contribution in [-0.2, 0) is 6.54 Å². The average molecular weight is 263 g/mol. The lowest BCUT2D eigenvalue weighted by Gasteiger charge is -2.11. The van der Waals surface area contributed by atoms with E-state index in [0.29, 0.717) is 13.1 Å². The second-order valence-electron chi connectivity index (χ2n) is 4.03. The zero-order valence-corrected chi connectivity index (χ0v) is 10.00. The summed E-state index contributed by atoms with van der Waals surface area (Å²) in [6.07, 6.45) is -4.80. The van der Waals surface area contributed by atoms with Crippen LogP contribution in [0.4, 0.5) is 13.2 Å². The lowest BCUT2D eigenvalue weighted by atomic mass is 10.2. The summed E-state index contributed by atoms with van der Waals surface area (Å²) < 4.78 is 40.5. The van der Waals surface area contributed by atoms with E-state index in [1.165, 1.54) is 6.07 Å². The highest BCUT2D eigenvalue weighted by Crippen LogP contribution is 2.19. The van der Waals surface area contributed by atoms with Crippen molar-refractivity contribution < 1.29 is 23.0 Å². The maximum absolute atomic E-state index is 12.0. The van der Waals surface area contributed by atoms with Crippen molar-refractivity contribution in [2.75, 3.05) is 13.2 Å². The van der Waals surface area contributed by atoms with Crippen molar-refractivity contribution in [2.45, 2.75) is 25.7 Å². The number of halogens is 3. The van der Waals surface area contributed by atoms with Crippen LogP contribution in [0.15, 0.2) is 24.3 Å². The van der Waals surface area contributed by atoms with Crippen LogP contribution in [0.2, 0.25) is 0 Å². The van der Waals surface area contributed by atoms with Gasteiger partial charge in [0.05, 0.1) is 6.10 Å². The van der Waals surface area contributed by atoms with Crippen LogP contribution >= 0.6 is 0 Å². The second-order valence-corrected chi connectivity index (χ2v) is 4.03. The molecule has 0 aromatic heterocycles. The minimum Gasteiger partial charge on any atom is -0.484 e. The number of aliphatic hydroxyl groups excluding tert-OH is 1. The van der Waals surface area contributed by atoms with Crippen molar-refractivity contribution in [3.8, 4) is 5.75 Å². The number of aliphatic hydroxyl groups is 1. The van der Waals surface area contributed by atoms with Gasteiger partial charge >= 0.3 is 6.18 Å². The van der Waals surface area contributed by atoms with E-state index in [9.17, 15) is 13.2 Å². The minimum atomic E-state index is -4.33. The molecule has 1 unspecified atom stereocenters. The van der Waals surface area contributed by atoms with E-state index in [1.807, 2.05) is 0 Å². The van der Waals surface area contributed by atoms with Gasteiger partial charge < -0.3 is 15.2 Å². The van der Waals surface area contributed by atoms with E-state index in [4.69, 9.17) is 5.11 Å². The molecule has 0 fully saturated rings. The predicted molar refractivity (Wildman–Crippen MR) is 61.4 cm³/mol. The first-order chi connectivity index (χ1) is 8.37. The summed E-state index contributed by atoms with van der Waals surface area (Å²) in [6.45, 7) is 1.25. The monoisotopic (exact) mass is 263 g/mol. The molecule has 0 aliphatic rings. The van der Waals surface area contributed by atoms with Gasteiger partial charge in [-0.05, 0) is 24.6 Å². The average Bonchev–Trinajstić information content (AvgIpc) is 2.26. The van der Waals surface area contributed by atoms with Crippen molar-refractivity contribution in [3.63, 3.8) is 0 Å². The minimum absolute atomic E-state index is 0.184. The summed E-state index contributed by atoms with van der Waals surface area (Å²) in [5.74, 6) is 0.184. The van der Waals surface area contributed by atoms with Gasteiger partial charge in [-0.25, -0.2) is 0 Å². The summed E-state index contributed by atoms with van der Waals surface area (Å²) in [7, 11) is 0. The molecular weight excluding hydrogens is 247 g/mol. The van der Waals surface area contributed by atoms with Crippen molar-refractivity contribution >= 4 is 0 Å². The Balaban J connectivity index is 2.46. The van der Waals surface area contributed by atoms with E-state index >= 15 is 0 Å². The molecule has 0 radical (unpaired) electrons. The highest BCUT2D eigenvalue weighted by molar-refractivity contribution is 5.28. The van der Waals surface area contributed by atoms with Crippen molar-refractivity contribution in [1.82, 2.24) is 5.32 Å². The van der Waals surface area contributed by atoms with Crippen LogP contribution < -0.4 is 10.1 Å². The Morgan fingerprint density at radius 1 is 1.39 bits per heavy atom. The number of hydrogen-bond acceptors (Lipinski definition) is 3. The third-order valence-corrected chi connectivity index (χ3v) is 2.07. The lowest BCUT2D eigenvalue weighted by Crippen LogP contribution is -2.23. The largest absolute Gasteiger partial charge is 0.484 e. The number of rotatable bonds is 6. The Morgan fingerprint density at radius 3 is 2.72 bits per heavy atom. The predicted octanol–water partition coefficient (Wildman–Crippen LogP) is 2.10. The van der Waals surface area contributed by atoms with Crippen molar-refractivity contribution in [2.24, 2.45) is 0 Å². The summed E-state index contributed by atoms with van der Waals surface area (Å²) in [5.41, 5.74) is 0.801. The fourth-order valence-corrected chi connectivity index (χ4v) is 1.34. The SMILES string of the molecule is CC(O)CNCc1cccc(OCC(F)(F)F)c1. The van der Waals surface area contributed by atoms with Gasteiger partial charge in [0, 0.05) is 13.1 Å². The first-order valence-electron chi connectivity index (χ1n) is 5.54. The van der Waals surface area contributed by atoms with Gasteiger partial charge in [0.25, 0.3) is 0 Å². The molecule has 1 aromatic rings. The Kier molecular flexibility index (Phi) is 5.43. The maximum atomic E-state index is 12.0. The smallest absolute Gasteiger partial charge is 0.422 e. The molecule has 0 bridgehead atoms. The van der Waals surface area contributed by atoms with Gasteiger partial charge in [-0.1, -0.05) is 12.1 Å². The summed E-state index contributed by atoms with van der Waals surface area (Å²) in [5, 5.41) is 12.0. The first-order valence-corrected chi connectivity index (χ1v) is 5.54. The molecule has 0 saturated heterocycles. The highest BCUT2D eigenvalue weighted by Gasteiger charge is 2.28. The molecule has 6 heteroatoms. The lowest BCUT2D eigenvalue weighted by molar-refractivity contribution is -0.153. The van der Waals surface area contributed by atoms with E-state index in [2.05, 4.69) is 10.1 Å². The van der Waals surface area contributed by atoms with Gasteiger partial charge in [0.15, 0.2) is 6.61 Å². The van der Waals surface area contributed by atoms with Crippen molar-refractivity contribution in [3.05, 3.63) is 29.8 Å². The third kappa shape index (κ3) is 6.46. The van der Waals surface area contributed by atoms with Crippen molar-refractivity contribution in [1.29, 1.82) is 0 Å². The van der Waals surface area contributed by atoms with Gasteiger partial charge in [-0.2, -0.15) is 13.2 Å². The Labute approximate surface area is 104 Å². The zero-order chi connectivity index (χ0) is 13.6. The van der Waals surface area contributed by atoms with Gasteiger partial charge in [-0.15, -0.1) is 0 Å². The van der Waals surface area contributed by atoms with E-state index in [1.54, 1.807) is 25.1 Å².